The van der Waals surface area contributed by atoms with E-state index >= 15 is 0 Å². The normalized spacial score (nSPS) is 12.8. The summed E-state index contributed by atoms with van der Waals surface area (Å²) in [6, 6.07) is 45.1. The fourth-order valence-corrected chi connectivity index (χ4v) is 9.83. The maximum absolute atomic E-state index is 6.41. The van der Waals surface area contributed by atoms with Gasteiger partial charge in [-0.2, -0.15) is 4.98 Å². The number of hydrogen-bond acceptors (Lipinski definition) is 5. The molecule has 13 rings (SSSR count). The average molecular weight is 656 g/mol. The molecule has 0 saturated carbocycles. The summed E-state index contributed by atoms with van der Waals surface area (Å²) < 4.78 is 17.7. The van der Waals surface area contributed by atoms with E-state index in [4.69, 9.17) is 18.8 Å². The maximum Gasteiger partial charge on any atom is 0.248 e. The van der Waals surface area contributed by atoms with Crippen molar-refractivity contribution in [2.75, 3.05) is 0 Å². The van der Waals surface area contributed by atoms with Crippen LogP contribution >= 0.6 is 11.3 Å². The Labute approximate surface area is 286 Å². The Hall–Kier alpha value is -6.50. The zero-order chi connectivity index (χ0) is 32.2. The van der Waals surface area contributed by atoms with Gasteiger partial charge in [0.2, 0.25) is 5.71 Å². The van der Waals surface area contributed by atoms with Gasteiger partial charge >= 0.3 is 0 Å². The van der Waals surface area contributed by atoms with Crippen molar-refractivity contribution < 1.29 is 8.83 Å². The lowest BCUT2D eigenvalue weighted by atomic mass is 9.95. The first-order valence-electron chi connectivity index (χ1n) is 16.7. The first-order chi connectivity index (χ1) is 24.8. The average Bonchev–Trinajstić information content (AvgIpc) is 3.89. The Morgan fingerprint density at radius 1 is 0.500 bits per heavy atom. The van der Waals surface area contributed by atoms with Gasteiger partial charge in [0.05, 0.1) is 11.0 Å². The minimum Gasteiger partial charge on any atom is -0.456 e. The zero-order valence-corrected chi connectivity index (χ0v) is 27.0. The number of para-hydroxylation sites is 2. The third-order valence-corrected chi connectivity index (χ3v) is 11.9. The molecule has 230 valence electrons. The van der Waals surface area contributed by atoms with Crippen LogP contribution in [0.5, 0.6) is 0 Å². The highest BCUT2D eigenvalue weighted by Gasteiger charge is 2.28. The highest BCUT2D eigenvalue weighted by molar-refractivity contribution is 7.26. The van der Waals surface area contributed by atoms with Crippen molar-refractivity contribution in [1.82, 2.24) is 14.5 Å². The summed E-state index contributed by atoms with van der Waals surface area (Å²) in [7, 11) is 0. The van der Waals surface area contributed by atoms with Crippen LogP contribution in [0.2, 0.25) is 0 Å². The van der Waals surface area contributed by atoms with Crippen molar-refractivity contribution in [1.29, 1.82) is 0 Å². The summed E-state index contributed by atoms with van der Waals surface area (Å²) in [5.41, 5.74) is 10.2. The number of hydrogen-bond donors (Lipinski definition) is 0. The number of benzene rings is 7. The lowest BCUT2D eigenvalue weighted by Crippen LogP contribution is -2.03. The molecular weight excluding hydrogens is 635 g/mol. The Bertz CT molecular complexity index is 3510. The summed E-state index contributed by atoms with van der Waals surface area (Å²) in [6.45, 7) is 0. The molecule has 0 N–H and O–H groups in total. The van der Waals surface area contributed by atoms with Gasteiger partial charge in [-0.1, -0.05) is 72.8 Å². The van der Waals surface area contributed by atoms with Gasteiger partial charge < -0.3 is 8.83 Å². The quantitative estimate of drug-likeness (QED) is 0.186. The summed E-state index contributed by atoms with van der Waals surface area (Å²) in [5, 5.41) is 10.8. The summed E-state index contributed by atoms with van der Waals surface area (Å²) >= 11 is 1.87. The van der Waals surface area contributed by atoms with Gasteiger partial charge in [-0.3, -0.25) is 4.57 Å². The van der Waals surface area contributed by atoms with Crippen LogP contribution in [0.25, 0.3) is 125 Å². The van der Waals surface area contributed by atoms with E-state index in [-0.39, 0.29) is 0 Å². The molecule has 0 amide bonds. The molecule has 0 unspecified atom stereocenters. The molecule has 6 heteroatoms. The second-order valence-electron chi connectivity index (χ2n) is 13.3. The number of aromatic nitrogens is 3. The monoisotopic (exact) mass is 655 g/mol. The van der Waals surface area contributed by atoms with Crippen LogP contribution in [0.3, 0.4) is 0 Å². The predicted molar refractivity (Wildman–Crippen MR) is 206 cm³/mol. The molecule has 1 aliphatic rings. The van der Waals surface area contributed by atoms with E-state index in [0.717, 1.165) is 66.5 Å². The molecule has 0 aliphatic heterocycles. The maximum atomic E-state index is 6.41. The molecule has 1 aliphatic carbocycles. The van der Waals surface area contributed by atoms with E-state index in [0.29, 0.717) is 5.71 Å². The van der Waals surface area contributed by atoms with Gasteiger partial charge in [0.15, 0.2) is 5.82 Å². The van der Waals surface area contributed by atoms with Crippen LogP contribution in [0.1, 0.15) is 0 Å². The number of rotatable bonds is 2. The van der Waals surface area contributed by atoms with Crippen LogP contribution in [0, 0.1) is 0 Å². The van der Waals surface area contributed by atoms with Crippen molar-refractivity contribution in [2.24, 2.45) is 0 Å². The van der Waals surface area contributed by atoms with E-state index in [1.165, 1.54) is 52.8 Å². The molecule has 5 aromatic heterocycles. The van der Waals surface area contributed by atoms with Crippen LogP contribution < -0.4 is 0 Å². The Balaban J connectivity index is 1.23. The van der Waals surface area contributed by atoms with Crippen molar-refractivity contribution >= 4 is 108 Å². The molecule has 0 spiro atoms. The van der Waals surface area contributed by atoms with Gasteiger partial charge in [-0.05, 0) is 76.5 Å². The second-order valence-corrected chi connectivity index (χ2v) is 14.4. The van der Waals surface area contributed by atoms with E-state index in [2.05, 4.69) is 102 Å². The van der Waals surface area contributed by atoms with Crippen LogP contribution in [0.15, 0.2) is 136 Å². The Morgan fingerprint density at radius 2 is 1.22 bits per heavy atom. The molecular formula is C44H21N3O2S. The van der Waals surface area contributed by atoms with Crippen LogP contribution in [-0.2, 0) is 0 Å². The Kier molecular flexibility index (Phi) is 4.46. The third-order valence-electron chi connectivity index (χ3n) is 10.7. The molecule has 5 nitrogen and oxygen atoms in total. The molecule has 0 bridgehead atoms. The summed E-state index contributed by atoms with van der Waals surface area (Å²) in [4.78, 5) is 10.8. The molecule has 0 atom stereocenters. The van der Waals surface area contributed by atoms with Gasteiger partial charge in [0.1, 0.15) is 28.0 Å². The number of thiophene rings is 1. The highest BCUT2D eigenvalue weighted by Crippen LogP contribution is 2.52. The zero-order valence-electron chi connectivity index (χ0n) is 26.2. The van der Waals surface area contributed by atoms with E-state index in [1.807, 2.05) is 41.7 Å². The smallest absolute Gasteiger partial charge is 0.248 e. The van der Waals surface area contributed by atoms with Crippen molar-refractivity contribution in [3.8, 4) is 28.2 Å². The molecule has 7 aromatic carbocycles. The number of fused-ring (bicyclic) bond motifs is 7. The summed E-state index contributed by atoms with van der Waals surface area (Å²) in [5.74, 6) is 0.725. The predicted octanol–water partition coefficient (Wildman–Crippen LogP) is 12.5. The minimum absolute atomic E-state index is 0.516. The van der Waals surface area contributed by atoms with Crippen molar-refractivity contribution in [3.05, 3.63) is 127 Å². The van der Waals surface area contributed by atoms with E-state index in [1.54, 1.807) is 0 Å². The molecule has 0 fully saturated rings. The first kappa shape index (κ1) is 25.5. The topological polar surface area (TPSA) is 57.0 Å². The van der Waals surface area contributed by atoms with Gasteiger partial charge in [0, 0.05) is 52.7 Å². The van der Waals surface area contributed by atoms with E-state index < -0.39 is 0 Å². The largest absolute Gasteiger partial charge is 0.456 e. The number of furan rings is 2. The van der Waals surface area contributed by atoms with Gasteiger partial charge in [0.25, 0.3) is 0 Å². The lowest BCUT2D eigenvalue weighted by molar-refractivity contribution is 0.652. The van der Waals surface area contributed by atoms with Gasteiger partial charge in [-0.25, -0.2) is 4.98 Å². The van der Waals surface area contributed by atoms with Gasteiger partial charge in [-0.15, -0.1) is 11.3 Å². The SMILES string of the molecule is c1cc2c3c(c1)ccc1c3c3c4c(ccc3n1-c1nc3oc5ccccc5c3nc1-c1ccc3c(c1)oc1ccccc13)sc1cccc-2c14. The lowest BCUT2D eigenvalue weighted by Gasteiger charge is -2.14. The van der Waals surface area contributed by atoms with E-state index in [9.17, 15) is 0 Å². The minimum atomic E-state index is 0.516. The third kappa shape index (κ3) is 3.01. The standard InChI is InChI=1S/C44H21N3O2S/c1-3-12-31-24(8-1)25-17-15-23(21-33(25)48-31)41-43(46-44-42(45-41)28-9-2-4-13-32(28)49-44)47-29-18-16-22-7-5-10-26-27-11-6-14-34-37(27)40-35(50-34)20-19-30(47)39(40)38(29)36(22)26/h1-21H. The fourth-order valence-electron chi connectivity index (χ4n) is 8.69. The first-order valence-corrected chi connectivity index (χ1v) is 17.6. The molecule has 0 saturated heterocycles. The fraction of sp³-hybridized carbons (Fsp3) is 0. The molecule has 12 aromatic rings. The van der Waals surface area contributed by atoms with Crippen LogP contribution in [0.4, 0.5) is 0 Å². The second kappa shape index (κ2) is 8.74. The highest BCUT2D eigenvalue weighted by atomic mass is 32.1. The number of nitrogens with zero attached hydrogens (tertiary/aromatic N) is 3. The summed E-state index contributed by atoms with van der Waals surface area (Å²) in [6.07, 6.45) is 0. The van der Waals surface area contributed by atoms with Crippen molar-refractivity contribution in [3.63, 3.8) is 0 Å². The van der Waals surface area contributed by atoms with Crippen LogP contribution in [-0.4, -0.2) is 14.5 Å². The van der Waals surface area contributed by atoms with Crippen molar-refractivity contribution in [2.45, 2.75) is 0 Å². The molecule has 5 heterocycles. The Morgan fingerprint density at radius 3 is 2.12 bits per heavy atom. The molecule has 50 heavy (non-hydrogen) atoms. The molecule has 0 radical (unpaired) electrons.